The predicted octanol–water partition coefficient (Wildman–Crippen LogP) is 4.41. The number of nitrogens with one attached hydrogen (secondary N) is 1. The van der Waals surface area contributed by atoms with Crippen LogP contribution in [0.3, 0.4) is 0 Å². The molecule has 0 amide bonds. The molecule has 0 fully saturated rings. The molecule has 0 aliphatic heterocycles. The van der Waals surface area contributed by atoms with Gasteiger partial charge in [-0.2, -0.15) is 10.2 Å². The van der Waals surface area contributed by atoms with E-state index in [0.29, 0.717) is 10.8 Å². The summed E-state index contributed by atoms with van der Waals surface area (Å²) in [6.45, 7) is 2.91. The van der Waals surface area contributed by atoms with Crippen molar-refractivity contribution in [2.24, 2.45) is 0 Å². The van der Waals surface area contributed by atoms with Gasteiger partial charge in [0, 0.05) is 35.4 Å². The fourth-order valence-corrected chi connectivity index (χ4v) is 3.38. The molecule has 1 aromatic carbocycles. The molecular formula is C17H15ClN6S. The number of hydrogen-bond donors (Lipinski definition) is 1. The van der Waals surface area contributed by atoms with Gasteiger partial charge >= 0.3 is 0 Å². The molecule has 3 aromatic heterocycles. The average Bonchev–Trinajstić information content (AvgIpc) is 3.27. The van der Waals surface area contributed by atoms with Gasteiger partial charge in [-0.15, -0.1) is 0 Å². The molecule has 8 heteroatoms. The van der Waals surface area contributed by atoms with Crippen LogP contribution < -0.4 is 4.72 Å². The molecule has 4 rings (SSSR count). The second-order valence-electron chi connectivity index (χ2n) is 5.36. The van der Waals surface area contributed by atoms with E-state index >= 15 is 0 Å². The van der Waals surface area contributed by atoms with Crippen LogP contribution in [-0.2, 0) is 6.54 Å². The van der Waals surface area contributed by atoms with E-state index in [9.17, 15) is 0 Å². The number of para-hydroxylation sites is 1. The van der Waals surface area contributed by atoms with Crippen LogP contribution in [-0.4, -0.2) is 24.5 Å². The highest BCUT2D eigenvalue weighted by Gasteiger charge is 2.08. The number of nitrogens with zero attached hydrogens (tertiary/aromatic N) is 5. The Morgan fingerprint density at radius 1 is 1.20 bits per heavy atom. The Kier molecular flexibility index (Phi) is 4.33. The zero-order chi connectivity index (χ0) is 17.2. The number of anilines is 1. The Balaban J connectivity index is 1.56. The van der Waals surface area contributed by atoms with Crippen LogP contribution in [0.5, 0.6) is 0 Å². The van der Waals surface area contributed by atoms with Crippen molar-refractivity contribution in [3.8, 4) is 5.82 Å². The maximum absolute atomic E-state index is 6.01. The van der Waals surface area contributed by atoms with Crippen LogP contribution >= 0.6 is 23.5 Å². The number of fused-ring (bicyclic) bond motifs is 1. The third-order valence-electron chi connectivity index (χ3n) is 3.74. The van der Waals surface area contributed by atoms with Gasteiger partial charge in [0.1, 0.15) is 0 Å². The van der Waals surface area contributed by atoms with Gasteiger partial charge in [0.2, 0.25) is 0 Å². The minimum absolute atomic E-state index is 0.632. The van der Waals surface area contributed by atoms with Gasteiger partial charge in [0.05, 0.1) is 28.5 Å². The third kappa shape index (κ3) is 3.20. The zero-order valence-corrected chi connectivity index (χ0v) is 15.0. The molecule has 25 heavy (non-hydrogen) atoms. The SMILES string of the molecule is CCn1ncc2cccc(NSc3cnn(-c4cc(Cl)ccn4)c3)c21. The number of rotatable bonds is 5. The Morgan fingerprint density at radius 3 is 2.96 bits per heavy atom. The molecule has 3 heterocycles. The standard InChI is InChI=1S/C17H15ClN6S/c1-2-23-17-12(9-20-23)4-3-5-15(17)22-25-14-10-21-24(11-14)16-8-13(18)6-7-19-16/h3-11,22H,2H2,1H3. The second kappa shape index (κ2) is 6.78. The number of aryl methyl sites for hydroxylation is 1. The summed E-state index contributed by atoms with van der Waals surface area (Å²) in [7, 11) is 0. The van der Waals surface area contributed by atoms with Crippen LogP contribution in [0.4, 0.5) is 5.69 Å². The zero-order valence-electron chi connectivity index (χ0n) is 13.4. The second-order valence-corrected chi connectivity index (χ2v) is 6.68. The van der Waals surface area contributed by atoms with Crippen LogP contribution in [0.1, 0.15) is 6.92 Å². The van der Waals surface area contributed by atoms with E-state index < -0.39 is 0 Å². The number of aromatic nitrogens is 5. The summed E-state index contributed by atoms with van der Waals surface area (Å²) in [6, 6.07) is 9.64. The normalized spacial score (nSPS) is 11.1. The fourth-order valence-electron chi connectivity index (χ4n) is 2.58. The third-order valence-corrected chi connectivity index (χ3v) is 4.74. The van der Waals surface area contributed by atoms with Gasteiger partial charge in [0.25, 0.3) is 0 Å². The molecule has 0 bridgehead atoms. The molecular weight excluding hydrogens is 356 g/mol. The number of pyridine rings is 1. The first-order chi connectivity index (χ1) is 12.2. The molecule has 0 aliphatic rings. The van der Waals surface area contributed by atoms with E-state index in [-0.39, 0.29) is 0 Å². The van der Waals surface area contributed by atoms with Crippen LogP contribution in [0.2, 0.25) is 5.02 Å². The van der Waals surface area contributed by atoms with Gasteiger partial charge in [-0.25, -0.2) is 9.67 Å². The molecule has 0 aliphatic carbocycles. The lowest BCUT2D eigenvalue weighted by Gasteiger charge is -2.08. The van der Waals surface area contributed by atoms with Crippen molar-refractivity contribution in [3.05, 3.63) is 60.1 Å². The van der Waals surface area contributed by atoms with E-state index in [1.807, 2.05) is 29.2 Å². The first-order valence-electron chi connectivity index (χ1n) is 7.78. The number of hydrogen-bond acceptors (Lipinski definition) is 5. The van der Waals surface area contributed by atoms with Crippen molar-refractivity contribution >= 4 is 40.1 Å². The van der Waals surface area contributed by atoms with Crippen molar-refractivity contribution in [1.29, 1.82) is 0 Å². The topological polar surface area (TPSA) is 60.6 Å². The molecule has 0 radical (unpaired) electrons. The van der Waals surface area contributed by atoms with Crippen LogP contribution in [0.25, 0.3) is 16.7 Å². The Hall–Kier alpha value is -2.51. The van der Waals surface area contributed by atoms with E-state index in [4.69, 9.17) is 11.6 Å². The summed E-state index contributed by atoms with van der Waals surface area (Å²) in [5.41, 5.74) is 2.12. The fraction of sp³-hybridized carbons (Fsp3) is 0.118. The lowest BCUT2D eigenvalue weighted by Crippen LogP contribution is -1.98. The molecule has 1 N–H and O–H groups in total. The summed E-state index contributed by atoms with van der Waals surface area (Å²) in [4.78, 5) is 5.25. The lowest BCUT2D eigenvalue weighted by atomic mass is 10.2. The van der Waals surface area contributed by atoms with Gasteiger partial charge in [0.15, 0.2) is 5.82 Å². The quantitative estimate of drug-likeness (QED) is 0.527. The minimum atomic E-state index is 0.632. The van der Waals surface area contributed by atoms with Crippen molar-refractivity contribution in [1.82, 2.24) is 24.5 Å². The molecule has 0 spiro atoms. The monoisotopic (exact) mass is 370 g/mol. The Labute approximate surface area is 154 Å². The molecule has 0 unspecified atom stereocenters. The first-order valence-corrected chi connectivity index (χ1v) is 8.98. The highest BCUT2D eigenvalue weighted by molar-refractivity contribution is 8.00. The van der Waals surface area contributed by atoms with Crippen LogP contribution in [0, 0.1) is 0 Å². The molecule has 6 nitrogen and oxygen atoms in total. The van der Waals surface area contributed by atoms with Gasteiger partial charge in [-0.1, -0.05) is 23.7 Å². The summed E-state index contributed by atoms with van der Waals surface area (Å²) in [6.07, 6.45) is 7.25. The van der Waals surface area contributed by atoms with E-state index in [1.165, 1.54) is 11.9 Å². The summed E-state index contributed by atoms with van der Waals surface area (Å²) < 4.78 is 7.08. The summed E-state index contributed by atoms with van der Waals surface area (Å²) in [5, 5.41) is 10.5. The van der Waals surface area contributed by atoms with E-state index in [2.05, 4.69) is 32.9 Å². The van der Waals surface area contributed by atoms with E-state index in [0.717, 1.165) is 28.0 Å². The summed E-state index contributed by atoms with van der Waals surface area (Å²) >= 11 is 7.50. The minimum Gasteiger partial charge on any atom is -0.324 e. The molecule has 0 atom stereocenters. The number of halogens is 1. The molecule has 0 saturated carbocycles. The Bertz CT molecular complexity index is 1020. The molecule has 0 saturated heterocycles. The van der Waals surface area contributed by atoms with Gasteiger partial charge in [-0.3, -0.25) is 4.68 Å². The maximum atomic E-state index is 6.01. The molecule has 126 valence electrons. The van der Waals surface area contributed by atoms with Gasteiger partial charge in [-0.05, 0) is 31.0 Å². The molecule has 4 aromatic rings. The highest BCUT2D eigenvalue weighted by atomic mass is 35.5. The van der Waals surface area contributed by atoms with Gasteiger partial charge < -0.3 is 4.72 Å². The maximum Gasteiger partial charge on any atom is 0.154 e. The summed E-state index contributed by atoms with van der Waals surface area (Å²) in [5.74, 6) is 0.686. The number of benzene rings is 1. The van der Waals surface area contributed by atoms with Crippen molar-refractivity contribution in [2.45, 2.75) is 18.4 Å². The smallest absolute Gasteiger partial charge is 0.154 e. The average molecular weight is 371 g/mol. The largest absolute Gasteiger partial charge is 0.324 e. The van der Waals surface area contributed by atoms with E-state index in [1.54, 1.807) is 29.2 Å². The van der Waals surface area contributed by atoms with Crippen molar-refractivity contribution < 1.29 is 0 Å². The highest BCUT2D eigenvalue weighted by Crippen LogP contribution is 2.28. The van der Waals surface area contributed by atoms with Crippen molar-refractivity contribution in [3.63, 3.8) is 0 Å². The lowest BCUT2D eigenvalue weighted by molar-refractivity contribution is 0.684. The Morgan fingerprint density at radius 2 is 2.12 bits per heavy atom. The first kappa shape index (κ1) is 16.0. The van der Waals surface area contributed by atoms with Crippen molar-refractivity contribution in [2.75, 3.05) is 4.72 Å². The van der Waals surface area contributed by atoms with Crippen LogP contribution in [0.15, 0.2) is 60.0 Å². The predicted molar refractivity (Wildman–Crippen MR) is 101 cm³/mol.